The van der Waals surface area contributed by atoms with Crippen molar-refractivity contribution < 1.29 is 9.90 Å². The molecule has 0 spiro atoms. The summed E-state index contributed by atoms with van der Waals surface area (Å²) in [5.41, 5.74) is 4.12. The number of nitrogens with one attached hydrogen (secondary N) is 3. The van der Waals surface area contributed by atoms with Gasteiger partial charge in [-0.1, -0.05) is 0 Å². The third-order valence-electron chi connectivity index (χ3n) is 5.45. The Balaban J connectivity index is 1.75. The van der Waals surface area contributed by atoms with Crippen LogP contribution < -0.4 is 10.6 Å². The monoisotopic (exact) mass is 391 g/mol. The van der Waals surface area contributed by atoms with Gasteiger partial charge in [0.2, 0.25) is 0 Å². The molecule has 29 heavy (non-hydrogen) atoms. The maximum atomic E-state index is 13.0. The quantitative estimate of drug-likeness (QED) is 0.544. The summed E-state index contributed by atoms with van der Waals surface area (Å²) in [7, 11) is 0. The molecule has 0 saturated heterocycles. The van der Waals surface area contributed by atoms with E-state index in [1.165, 1.54) is 0 Å². The van der Waals surface area contributed by atoms with Gasteiger partial charge in [-0.3, -0.25) is 9.78 Å². The Morgan fingerprint density at radius 2 is 2.07 bits per heavy atom. The zero-order valence-corrected chi connectivity index (χ0v) is 16.6. The van der Waals surface area contributed by atoms with E-state index in [4.69, 9.17) is 0 Å². The van der Waals surface area contributed by atoms with Crippen LogP contribution in [0.4, 0.5) is 5.69 Å². The lowest BCUT2D eigenvalue weighted by molar-refractivity contribution is 0.0868. The van der Waals surface area contributed by atoms with Gasteiger partial charge in [0, 0.05) is 29.2 Å². The van der Waals surface area contributed by atoms with Crippen LogP contribution in [0.3, 0.4) is 0 Å². The number of aromatic amines is 1. The summed E-state index contributed by atoms with van der Waals surface area (Å²) in [6.45, 7) is 4.04. The van der Waals surface area contributed by atoms with Gasteiger partial charge in [0.15, 0.2) is 0 Å². The zero-order valence-electron chi connectivity index (χ0n) is 16.6. The molecule has 4 N–H and O–H groups in total. The van der Waals surface area contributed by atoms with Gasteiger partial charge in [0.25, 0.3) is 5.91 Å². The number of nitrogens with zero attached hydrogens (tertiary/aromatic N) is 2. The Kier molecular flexibility index (Phi) is 5.12. The summed E-state index contributed by atoms with van der Waals surface area (Å²) in [6, 6.07) is 7.78. The fraction of sp³-hybridized carbons (Fsp3) is 0.409. The van der Waals surface area contributed by atoms with Crippen LogP contribution in [0, 0.1) is 11.3 Å². The third-order valence-corrected chi connectivity index (χ3v) is 5.45. The van der Waals surface area contributed by atoms with E-state index in [1.54, 1.807) is 18.3 Å². The van der Waals surface area contributed by atoms with Crippen LogP contribution in [0.25, 0.3) is 21.9 Å². The van der Waals surface area contributed by atoms with E-state index in [0.29, 0.717) is 29.7 Å². The molecule has 4 rings (SSSR count). The van der Waals surface area contributed by atoms with Gasteiger partial charge >= 0.3 is 0 Å². The molecule has 3 aromatic rings. The van der Waals surface area contributed by atoms with E-state index in [2.05, 4.69) is 26.7 Å². The van der Waals surface area contributed by atoms with Crippen LogP contribution in [0.1, 0.15) is 55.5 Å². The van der Waals surface area contributed by atoms with Gasteiger partial charge in [-0.05, 0) is 57.7 Å². The topological polar surface area (TPSA) is 114 Å². The minimum absolute atomic E-state index is 0.0643. The minimum Gasteiger partial charge on any atom is -0.393 e. The average Bonchev–Trinajstić information content (AvgIpc) is 3.07. The molecule has 0 aliphatic heterocycles. The summed E-state index contributed by atoms with van der Waals surface area (Å²) >= 11 is 0. The first-order valence-electron chi connectivity index (χ1n) is 10.1. The largest absolute Gasteiger partial charge is 0.393 e. The SMILES string of the molecule is CC(C)Nc1c(C(=O)NC2CCC(O)CC2)cnc2c1[nH]c1cc(C#N)ccc12. The number of anilines is 1. The normalized spacial score (nSPS) is 19.4. The number of benzene rings is 1. The van der Waals surface area contributed by atoms with Gasteiger partial charge in [-0.25, -0.2) is 0 Å². The molecule has 1 amide bonds. The molecule has 1 aliphatic carbocycles. The van der Waals surface area contributed by atoms with Gasteiger partial charge < -0.3 is 20.7 Å². The molecule has 7 heteroatoms. The molecule has 1 saturated carbocycles. The number of fused-ring (bicyclic) bond motifs is 3. The highest BCUT2D eigenvalue weighted by Crippen LogP contribution is 2.32. The molecule has 2 heterocycles. The van der Waals surface area contributed by atoms with E-state index in [0.717, 1.165) is 34.8 Å². The molecular formula is C22H25N5O2. The molecule has 0 atom stereocenters. The molecule has 150 valence electrons. The minimum atomic E-state index is -0.260. The van der Waals surface area contributed by atoms with E-state index in [-0.39, 0.29) is 24.1 Å². The third kappa shape index (κ3) is 3.76. The van der Waals surface area contributed by atoms with Crippen LogP contribution in [0.5, 0.6) is 0 Å². The Morgan fingerprint density at radius 1 is 1.31 bits per heavy atom. The van der Waals surface area contributed by atoms with Crippen molar-refractivity contribution in [1.82, 2.24) is 15.3 Å². The van der Waals surface area contributed by atoms with Crippen molar-refractivity contribution in [2.24, 2.45) is 0 Å². The van der Waals surface area contributed by atoms with Crippen LogP contribution in [0.15, 0.2) is 24.4 Å². The van der Waals surface area contributed by atoms with Crippen LogP contribution in [-0.4, -0.2) is 39.2 Å². The number of rotatable bonds is 4. The first kappa shape index (κ1) is 19.2. The standard InChI is InChI=1S/C22H25N5O2/c1-12(2)25-20-17(22(29)26-14-4-6-15(28)7-5-14)11-24-19-16-8-3-13(10-23)9-18(16)27-21(19)20/h3,8-9,11-12,14-15,27-28H,4-7H2,1-2H3,(H,24,25)(H,26,29). The number of amides is 1. The number of carbonyl (C=O) groups excluding carboxylic acids is 1. The fourth-order valence-electron chi connectivity index (χ4n) is 3.99. The fourth-order valence-corrected chi connectivity index (χ4v) is 3.99. The Morgan fingerprint density at radius 3 is 2.76 bits per heavy atom. The molecule has 7 nitrogen and oxygen atoms in total. The molecule has 1 aromatic carbocycles. The number of aliphatic hydroxyl groups is 1. The Bertz CT molecular complexity index is 1100. The van der Waals surface area contributed by atoms with Crippen molar-refractivity contribution in [3.05, 3.63) is 35.5 Å². The average molecular weight is 391 g/mol. The maximum absolute atomic E-state index is 13.0. The number of aliphatic hydroxyl groups excluding tert-OH is 1. The Hall–Kier alpha value is -3.11. The summed E-state index contributed by atoms with van der Waals surface area (Å²) in [5.74, 6) is -0.166. The smallest absolute Gasteiger partial charge is 0.255 e. The number of pyridine rings is 1. The molecule has 0 radical (unpaired) electrons. The van der Waals surface area contributed by atoms with Gasteiger partial charge in [-0.2, -0.15) is 5.26 Å². The first-order valence-corrected chi connectivity index (χ1v) is 10.1. The second-order valence-corrected chi connectivity index (χ2v) is 8.05. The maximum Gasteiger partial charge on any atom is 0.255 e. The lowest BCUT2D eigenvalue weighted by atomic mass is 9.93. The van der Waals surface area contributed by atoms with Gasteiger partial charge in [0.1, 0.15) is 0 Å². The molecular weight excluding hydrogens is 366 g/mol. The highest BCUT2D eigenvalue weighted by molar-refractivity contribution is 6.14. The molecule has 1 fully saturated rings. The summed E-state index contributed by atoms with van der Waals surface area (Å²) in [4.78, 5) is 21.0. The van der Waals surface area contributed by atoms with Crippen LogP contribution in [0.2, 0.25) is 0 Å². The van der Waals surface area contributed by atoms with Crippen molar-refractivity contribution in [2.45, 2.75) is 57.7 Å². The highest BCUT2D eigenvalue weighted by Gasteiger charge is 2.24. The Labute approximate surface area is 169 Å². The van der Waals surface area contributed by atoms with E-state index >= 15 is 0 Å². The second-order valence-electron chi connectivity index (χ2n) is 8.05. The van der Waals surface area contributed by atoms with Crippen LogP contribution in [-0.2, 0) is 0 Å². The van der Waals surface area contributed by atoms with Crippen molar-refractivity contribution in [1.29, 1.82) is 5.26 Å². The van der Waals surface area contributed by atoms with Crippen molar-refractivity contribution in [2.75, 3.05) is 5.32 Å². The highest BCUT2D eigenvalue weighted by atomic mass is 16.3. The first-order chi connectivity index (χ1) is 14.0. The van der Waals surface area contributed by atoms with E-state index in [1.807, 2.05) is 19.9 Å². The second kappa shape index (κ2) is 7.72. The number of H-pyrrole nitrogens is 1. The predicted molar refractivity (Wildman–Crippen MR) is 113 cm³/mol. The molecule has 1 aliphatic rings. The summed E-state index contributed by atoms with van der Waals surface area (Å²) < 4.78 is 0. The van der Waals surface area contributed by atoms with Gasteiger partial charge in [0.05, 0.1) is 40.0 Å². The molecule has 0 bridgehead atoms. The van der Waals surface area contributed by atoms with Crippen LogP contribution >= 0.6 is 0 Å². The summed E-state index contributed by atoms with van der Waals surface area (Å²) in [6.07, 6.45) is 4.33. The lowest BCUT2D eigenvalue weighted by Crippen LogP contribution is -2.39. The number of hydrogen-bond acceptors (Lipinski definition) is 5. The number of nitriles is 1. The summed E-state index contributed by atoms with van der Waals surface area (Å²) in [5, 5.41) is 26.3. The molecule has 0 unspecified atom stereocenters. The lowest BCUT2D eigenvalue weighted by Gasteiger charge is -2.26. The van der Waals surface area contributed by atoms with E-state index < -0.39 is 0 Å². The zero-order chi connectivity index (χ0) is 20.5. The van der Waals surface area contributed by atoms with Crippen molar-refractivity contribution >= 4 is 33.5 Å². The number of hydrogen-bond donors (Lipinski definition) is 4. The van der Waals surface area contributed by atoms with Crippen molar-refractivity contribution in [3.8, 4) is 6.07 Å². The van der Waals surface area contributed by atoms with Crippen molar-refractivity contribution in [3.63, 3.8) is 0 Å². The predicted octanol–water partition coefficient (Wildman–Crippen LogP) is 3.44. The number of carbonyl (C=O) groups is 1. The number of aromatic nitrogens is 2. The van der Waals surface area contributed by atoms with Gasteiger partial charge in [-0.15, -0.1) is 0 Å². The molecule has 2 aromatic heterocycles. The van der Waals surface area contributed by atoms with E-state index in [9.17, 15) is 15.2 Å².